The third-order valence-corrected chi connectivity index (χ3v) is 3.44. The number of carboxylic acids is 1. The third kappa shape index (κ3) is 8.23. The number of benzene rings is 1. The van der Waals surface area contributed by atoms with Gasteiger partial charge in [-0.15, -0.1) is 0 Å². The van der Waals surface area contributed by atoms with E-state index in [1.165, 1.54) is 12.1 Å². The topological polar surface area (TPSA) is 186 Å². The first-order valence-corrected chi connectivity index (χ1v) is 8.66. The number of aliphatic carboxylic acids is 1. The molecule has 0 saturated carbocycles. The molecule has 29 heavy (non-hydrogen) atoms. The van der Waals surface area contributed by atoms with Gasteiger partial charge in [0.1, 0.15) is 43.9 Å². The van der Waals surface area contributed by atoms with Gasteiger partial charge in [0.2, 0.25) is 5.76 Å². The van der Waals surface area contributed by atoms with E-state index < -0.39 is 63.1 Å². The van der Waals surface area contributed by atoms with Crippen LogP contribution < -0.4 is 4.74 Å². The van der Waals surface area contributed by atoms with E-state index in [-0.39, 0.29) is 23.7 Å². The summed E-state index contributed by atoms with van der Waals surface area (Å²) < 4.78 is 15.9. The van der Waals surface area contributed by atoms with E-state index in [0.29, 0.717) is 0 Å². The molecular formula is C18H26O11. The van der Waals surface area contributed by atoms with Gasteiger partial charge in [-0.25, -0.2) is 4.79 Å². The van der Waals surface area contributed by atoms with Crippen molar-refractivity contribution < 1.29 is 54.8 Å². The first-order valence-electron chi connectivity index (χ1n) is 8.66. The van der Waals surface area contributed by atoms with E-state index in [0.717, 1.165) is 0 Å². The molecule has 0 fully saturated rings. The summed E-state index contributed by atoms with van der Waals surface area (Å²) in [5.41, 5.74) is 0.0821. The van der Waals surface area contributed by atoms with Crippen molar-refractivity contribution in [2.24, 2.45) is 0 Å². The summed E-state index contributed by atoms with van der Waals surface area (Å²) in [7, 11) is 0. The Balaban J connectivity index is 3.33. The molecule has 0 aliphatic rings. The molecular weight excluding hydrogens is 392 g/mol. The van der Waals surface area contributed by atoms with Gasteiger partial charge in [0.15, 0.2) is 5.76 Å². The van der Waals surface area contributed by atoms with Crippen LogP contribution in [0.1, 0.15) is 5.56 Å². The van der Waals surface area contributed by atoms with Crippen molar-refractivity contribution >= 4 is 11.7 Å². The molecule has 0 radical (unpaired) electrons. The summed E-state index contributed by atoms with van der Waals surface area (Å²) in [5, 5.41) is 64.8. The lowest BCUT2D eigenvalue weighted by atomic mass is 10.1. The van der Waals surface area contributed by atoms with Crippen LogP contribution in [-0.2, 0) is 14.3 Å². The second kappa shape index (κ2) is 12.9. The van der Waals surface area contributed by atoms with Gasteiger partial charge in [-0.3, -0.25) is 0 Å². The molecule has 0 bridgehead atoms. The standard InChI is InChI=1S/C18H26O11/c19-5-11(22)8-27-15-4-2-1-3-14(15)16(28-9-12(23)6-20)17(18(25)26)29-10-13(24)7-21/h1-4,11-13,19-24H,5-10H2,(H,25,26). The minimum Gasteiger partial charge on any atom is -0.490 e. The number of ether oxygens (including phenoxy) is 3. The zero-order valence-electron chi connectivity index (χ0n) is 15.5. The van der Waals surface area contributed by atoms with Gasteiger partial charge >= 0.3 is 5.97 Å². The van der Waals surface area contributed by atoms with Crippen molar-refractivity contribution in [3.63, 3.8) is 0 Å². The van der Waals surface area contributed by atoms with Crippen LogP contribution in [0.2, 0.25) is 0 Å². The molecule has 0 heterocycles. The molecule has 11 nitrogen and oxygen atoms in total. The van der Waals surface area contributed by atoms with Gasteiger partial charge in [-0.2, -0.15) is 0 Å². The summed E-state index contributed by atoms with van der Waals surface area (Å²) >= 11 is 0. The fraction of sp³-hybridized carbons (Fsp3) is 0.500. The van der Waals surface area contributed by atoms with Gasteiger partial charge in [-0.05, 0) is 12.1 Å². The lowest BCUT2D eigenvalue weighted by molar-refractivity contribution is -0.137. The molecule has 3 unspecified atom stereocenters. The zero-order valence-corrected chi connectivity index (χ0v) is 15.5. The molecule has 164 valence electrons. The first kappa shape index (κ1) is 24.6. The molecule has 0 amide bonds. The fourth-order valence-electron chi connectivity index (χ4n) is 1.97. The summed E-state index contributed by atoms with van der Waals surface area (Å²) in [6.45, 7) is -3.19. The average molecular weight is 418 g/mol. The maximum atomic E-state index is 11.7. The van der Waals surface area contributed by atoms with Gasteiger partial charge < -0.3 is 50.0 Å². The Morgan fingerprint density at radius 1 is 0.828 bits per heavy atom. The number of aliphatic hydroxyl groups is 6. The quantitative estimate of drug-likeness (QED) is 0.130. The van der Waals surface area contributed by atoms with E-state index in [2.05, 4.69) is 0 Å². The van der Waals surface area contributed by atoms with Crippen LogP contribution in [-0.4, -0.2) is 99.7 Å². The SMILES string of the molecule is O=C(O)C(OCC(O)CO)=C(OCC(O)CO)c1ccccc1OCC(O)CO. The van der Waals surface area contributed by atoms with Crippen molar-refractivity contribution in [2.45, 2.75) is 18.3 Å². The van der Waals surface area contributed by atoms with Gasteiger partial charge in [0, 0.05) is 0 Å². The number of hydrogen-bond acceptors (Lipinski definition) is 10. The predicted octanol–water partition coefficient (Wildman–Crippen LogP) is -2.09. The van der Waals surface area contributed by atoms with Crippen LogP contribution in [0.4, 0.5) is 0 Å². The molecule has 1 rings (SSSR count). The van der Waals surface area contributed by atoms with Crippen molar-refractivity contribution in [3.8, 4) is 5.75 Å². The van der Waals surface area contributed by atoms with Crippen molar-refractivity contribution in [1.82, 2.24) is 0 Å². The van der Waals surface area contributed by atoms with E-state index >= 15 is 0 Å². The largest absolute Gasteiger partial charge is 0.490 e. The summed E-state index contributed by atoms with van der Waals surface area (Å²) in [5.74, 6) is -2.59. The van der Waals surface area contributed by atoms with E-state index in [1.807, 2.05) is 0 Å². The maximum Gasteiger partial charge on any atom is 0.375 e. The minimum atomic E-state index is -1.56. The third-order valence-electron chi connectivity index (χ3n) is 3.44. The van der Waals surface area contributed by atoms with E-state index in [4.69, 9.17) is 29.5 Å². The van der Waals surface area contributed by atoms with Gasteiger partial charge in [-0.1, -0.05) is 12.1 Å². The predicted molar refractivity (Wildman–Crippen MR) is 97.7 cm³/mol. The molecule has 0 spiro atoms. The monoisotopic (exact) mass is 418 g/mol. The van der Waals surface area contributed by atoms with Crippen LogP contribution >= 0.6 is 0 Å². The maximum absolute atomic E-state index is 11.7. The Morgan fingerprint density at radius 2 is 1.34 bits per heavy atom. The smallest absolute Gasteiger partial charge is 0.375 e. The summed E-state index contributed by atoms with van der Waals surface area (Å²) in [4.78, 5) is 11.7. The Bertz CT molecular complexity index is 661. The van der Waals surface area contributed by atoms with Crippen molar-refractivity contribution in [3.05, 3.63) is 35.6 Å². The van der Waals surface area contributed by atoms with Gasteiger partial charge in [0.05, 0.1) is 25.4 Å². The number of rotatable bonds is 14. The van der Waals surface area contributed by atoms with Gasteiger partial charge in [0.25, 0.3) is 0 Å². The second-order valence-corrected chi connectivity index (χ2v) is 5.90. The summed E-state index contributed by atoms with van der Waals surface area (Å²) in [6.07, 6.45) is -3.84. The number of hydrogen-bond donors (Lipinski definition) is 7. The van der Waals surface area contributed by atoms with Crippen LogP contribution in [0.15, 0.2) is 30.0 Å². The Labute approximate surface area is 166 Å². The highest BCUT2D eigenvalue weighted by atomic mass is 16.5. The first-order chi connectivity index (χ1) is 13.8. The van der Waals surface area contributed by atoms with Crippen LogP contribution in [0.3, 0.4) is 0 Å². The van der Waals surface area contributed by atoms with Crippen molar-refractivity contribution in [2.75, 3.05) is 39.6 Å². The van der Waals surface area contributed by atoms with Crippen LogP contribution in [0, 0.1) is 0 Å². The normalized spacial score (nSPS) is 15.1. The number of para-hydroxylation sites is 1. The molecule has 7 N–H and O–H groups in total. The van der Waals surface area contributed by atoms with E-state index in [1.54, 1.807) is 12.1 Å². The molecule has 3 atom stereocenters. The highest BCUT2D eigenvalue weighted by Crippen LogP contribution is 2.30. The van der Waals surface area contributed by atoms with E-state index in [9.17, 15) is 25.2 Å². The highest BCUT2D eigenvalue weighted by Gasteiger charge is 2.25. The number of carboxylic acid groups (broad SMARTS) is 1. The molecule has 0 aromatic heterocycles. The fourth-order valence-corrected chi connectivity index (χ4v) is 1.97. The highest BCUT2D eigenvalue weighted by molar-refractivity contribution is 5.93. The van der Waals surface area contributed by atoms with Crippen molar-refractivity contribution in [1.29, 1.82) is 0 Å². The lowest BCUT2D eigenvalue weighted by Crippen LogP contribution is -2.24. The molecule has 0 aliphatic carbocycles. The van der Waals surface area contributed by atoms with Crippen LogP contribution in [0.5, 0.6) is 5.75 Å². The molecule has 0 aliphatic heterocycles. The summed E-state index contributed by atoms with van der Waals surface area (Å²) in [6, 6.07) is 5.99. The molecule has 11 heteroatoms. The molecule has 1 aromatic carbocycles. The number of aliphatic hydroxyl groups excluding tert-OH is 6. The second-order valence-electron chi connectivity index (χ2n) is 5.90. The van der Waals surface area contributed by atoms with Crippen LogP contribution in [0.25, 0.3) is 5.76 Å². The molecule has 1 aromatic rings. The lowest BCUT2D eigenvalue weighted by Gasteiger charge is -2.20. The number of carbonyl (C=O) groups is 1. The Kier molecular flexibility index (Phi) is 11.0. The Hall–Kier alpha value is -2.41. The average Bonchev–Trinajstić information content (AvgIpc) is 2.73. The zero-order chi connectivity index (χ0) is 21.8. The Morgan fingerprint density at radius 3 is 1.90 bits per heavy atom. The molecule has 0 saturated heterocycles. The minimum absolute atomic E-state index is 0.0820.